The van der Waals surface area contributed by atoms with Gasteiger partial charge in [-0.15, -0.1) is 0 Å². The lowest BCUT2D eigenvalue weighted by Crippen LogP contribution is -2.49. The zero-order valence-electron chi connectivity index (χ0n) is 14.3. The largest absolute Gasteiger partial charge is 0.381 e. The van der Waals surface area contributed by atoms with Gasteiger partial charge in [0.1, 0.15) is 5.69 Å². The number of fused-ring (bicyclic) bond motifs is 1. The molecule has 2 heterocycles. The third kappa shape index (κ3) is 3.05. The molecule has 25 heavy (non-hydrogen) atoms. The van der Waals surface area contributed by atoms with Crippen LogP contribution < -0.4 is 5.32 Å². The molecular weight excluding hydrogens is 312 g/mol. The Morgan fingerprint density at radius 3 is 2.60 bits per heavy atom. The molecule has 1 saturated heterocycles. The Bertz CT molecular complexity index is 893. The van der Waals surface area contributed by atoms with E-state index in [1.807, 2.05) is 36.4 Å². The number of carbonyl (C=O) groups excluding carboxylic acids is 1. The van der Waals surface area contributed by atoms with Crippen LogP contribution in [0.2, 0.25) is 0 Å². The van der Waals surface area contributed by atoms with Crippen LogP contribution in [0.3, 0.4) is 0 Å². The van der Waals surface area contributed by atoms with Gasteiger partial charge in [-0.3, -0.25) is 4.79 Å². The quantitative estimate of drug-likeness (QED) is 0.763. The van der Waals surface area contributed by atoms with Crippen LogP contribution >= 0.6 is 0 Å². The number of aromatic amines is 1. The van der Waals surface area contributed by atoms with Crippen molar-refractivity contribution < 1.29 is 9.53 Å². The minimum Gasteiger partial charge on any atom is -0.381 e. The van der Waals surface area contributed by atoms with E-state index in [1.54, 1.807) is 0 Å². The van der Waals surface area contributed by atoms with Gasteiger partial charge in [-0.25, -0.2) is 0 Å². The van der Waals surface area contributed by atoms with E-state index in [2.05, 4.69) is 35.4 Å². The Kier molecular flexibility index (Phi) is 4.06. The molecule has 0 radical (unpaired) electrons. The van der Waals surface area contributed by atoms with Gasteiger partial charge in [-0.1, -0.05) is 42.0 Å². The van der Waals surface area contributed by atoms with Gasteiger partial charge in [0.05, 0.1) is 5.54 Å². The third-order valence-corrected chi connectivity index (χ3v) is 5.05. The summed E-state index contributed by atoms with van der Waals surface area (Å²) in [6.45, 7) is 3.36. The van der Waals surface area contributed by atoms with Crippen molar-refractivity contribution in [3.05, 3.63) is 71.4 Å². The SMILES string of the molecule is Cc1ccc2[nH]c(C(=O)NC3(c4ccccc4)CCOCC3)cc2c1. The minimum absolute atomic E-state index is 0.0698. The lowest BCUT2D eigenvalue weighted by Gasteiger charge is -2.38. The Morgan fingerprint density at radius 1 is 1.08 bits per heavy atom. The summed E-state index contributed by atoms with van der Waals surface area (Å²) in [4.78, 5) is 16.2. The monoisotopic (exact) mass is 334 g/mol. The van der Waals surface area contributed by atoms with E-state index < -0.39 is 0 Å². The summed E-state index contributed by atoms with van der Waals surface area (Å²) >= 11 is 0. The van der Waals surface area contributed by atoms with Crippen molar-refractivity contribution >= 4 is 16.8 Å². The average molecular weight is 334 g/mol. The van der Waals surface area contributed by atoms with Gasteiger partial charge in [0.15, 0.2) is 0 Å². The predicted octanol–water partition coefficient (Wildman–Crippen LogP) is 3.91. The van der Waals surface area contributed by atoms with E-state index in [9.17, 15) is 4.79 Å². The van der Waals surface area contributed by atoms with Crippen LogP contribution in [0.15, 0.2) is 54.6 Å². The number of nitrogens with one attached hydrogen (secondary N) is 2. The molecule has 1 aromatic heterocycles. The van der Waals surface area contributed by atoms with Crippen LogP contribution in [0, 0.1) is 6.92 Å². The standard InChI is InChI=1S/C21H22N2O2/c1-15-7-8-18-16(13-15)14-19(22-18)20(24)23-21(9-11-25-12-10-21)17-5-3-2-4-6-17/h2-8,13-14,22H,9-12H2,1H3,(H,23,24). The first kappa shape index (κ1) is 15.9. The molecule has 0 atom stereocenters. The van der Waals surface area contributed by atoms with Crippen molar-refractivity contribution in [2.24, 2.45) is 0 Å². The molecule has 128 valence electrons. The average Bonchev–Trinajstić information content (AvgIpc) is 3.06. The molecule has 4 nitrogen and oxygen atoms in total. The van der Waals surface area contributed by atoms with Gasteiger partial charge in [0.25, 0.3) is 5.91 Å². The molecule has 3 aromatic rings. The highest BCUT2D eigenvalue weighted by atomic mass is 16.5. The first-order valence-corrected chi connectivity index (χ1v) is 8.71. The zero-order chi connectivity index (χ0) is 17.3. The minimum atomic E-state index is -0.371. The second kappa shape index (κ2) is 6.37. The molecule has 2 aromatic carbocycles. The Labute approximate surface area is 147 Å². The number of carbonyl (C=O) groups is 1. The van der Waals surface area contributed by atoms with Crippen molar-refractivity contribution in [1.29, 1.82) is 0 Å². The number of H-pyrrole nitrogens is 1. The normalized spacial score (nSPS) is 16.7. The summed E-state index contributed by atoms with van der Waals surface area (Å²) in [5.41, 5.74) is 3.53. The predicted molar refractivity (Wildman–Crippen MR) is 98.7 cm³/mol. The maximum Gasteiger partial charge on any atom is 0.268 e. The van der Waals surface area contributed by atoms with Gasteiger partial charge >= 0.3 is 0 Å². The molecule has 4 heteroatoms. The van der Waals surface area contributed by atoms with Crippen LogP contribution in [0.5, 0.6) is 0 Å². The second-order valence-corrected chi connectivity index (χ2v) is 6.79. The van der Waals surface area contributed by atoms with Gasteiger partial charge < -0.3 is 15.0 Å². The summed E-state index contributed by atoms with van der Waals surface area (Å²) in [7, 11) is 0. The highest BCUT2D eigenvalue weighted by Gasteiger charge is 2.36. The first-order valence-electron chi connectivity index (χ1n) is 8.71. The molecule has 0 bridgehead atoms. The number of rotatable bonds is 3. The number of ether oxygens (including phenoxy) is 1. The van der Waals surface area contributed by atoms with E-state index in [1.165, 1.54) is 5.56 Å². The number of hydrogen-bond donors (Lipinski definition) is 2. The molecule has 1 fully saturated rings. The van der Waals surface area contributed by atoms with Gasteiger partial charge in [0, 0.05) is 24.1 Å². The lowest BCUT2D eigenvalue weighted by atomic mass is 9.82. The van der Waals surface area contributed by atoms with E-state index in [-0.39, 0.29) is 11.4 Å². The second-order valence-electron chi connectivity index (χ2n) is 6.79. The van der Waals surface area contributed by atoms with Crippen LogP contribution in [0.4, 0.5) is 0 Å². The molecule has 0 spiro atoms. The summed E-state index contributed by atoms with van der Waals surface area (Å²) in [6, 6.07) is 18.3. The summed E-state index contributed by atoms with van der Waals surface area (Å²) in [5, 5.41) is 4.35. The van der Waals surface area contributed by atoms with Gasteiger partial charge in [-0.2, -0.15) is 0 Å². The maximum absolute atomic E-state index is 13.0. The number of benzene rings is 2. The molecule has 4 rings (SSSR count). The van der Waals surface area contributed by atoms with Crippen LogP contribution in [0.25, 0.3) is 10.9 Å². The molecule has 0 unspecified atom stereocenters. The lowest BCUT2D eigenvalue weighted by molar-refractivity contribution is 0.0344. The van der Waals surface area contributed by atoms with Gasteiger partial charge in [0.2, 0.25) is 0 Å². The van der Waals surface area contributed by atoms with Crippen LogP contribution in [0.1, 0.15) is 34.5 Å². The van der Waals surface area contributed by atoms with Crippen molar-refractivity contribution in [1.82, 2.24) is 10.3 Å². The molecule has 1 amide bonds. The fourth-order valence-electron chi connectivity index (χ4n) is 3.62. The summed E-state index contributed by atoms with van der Waals surface area (Å²) in [5.74, 6) is -0.0698. The van der Waals surface area contributed by atoms with Crippen LogP contribution in [-0.2, 0) is 10.3 Å². The molecule has 1 aliphatic heterocycles. The zero-order valence-corrected chi connectivity index (χ0v) is 14.3. The number of amides is 1. The number of aromatic nitrogens is 1. The Morgan fingerprint density at radius 2 is 1.84 bits per heavy atom. The summed E-state index contributed by atoms with van der Waals surface area (Å²) in [6.07, 6.45) is 1.56. The molecule has 2 N–H and O–H groups in total. The fourth-order valence-corrected chi connectivity index (χ4v) is 3.62. The van der Waals surface area contributed by atoms with E-state index in [0.29, 0.717) is 18.9 Å². The fraction of sp³-hybridized carbons (Fsp3) is 0.286. The van der Waals surface area contributed by atoms with E-state index in [0.717, 1.165) is 29.3 Å². The van der Waals surface area contributed by atoms with Crippen molar-refractivity contribution in [3.63, 3.8) is 0 Å². The molecule has 0 saturated carbocycles. The topological polar surface area (TPSA) is 54.1 Å². The molecule has 1 aliphatic rings. The highest BCUT2D eigenvalue weighted by molar-refractivity contribution is 5.98. The first-order chi connectivity index (χ1) is 12.2. The number of aryl methyl sites for hydroxylation is 1. The van der Waals surface area contributed by atoms with E-state index >= 15 is 0 Å². The van der Waals surface area contributed by atoms with Gasteiger partial charge in [-0.05, 0) is 43.5 Å². The van der Waals surface area contributed by atoms with Crippen molar-refractivity contribution in [2.75, 3.05) is 13.2 Å². The third-order valence-electron chi connectivity index (χ3n) is 5.05. The maximum atomic E-state index is 13.0. The van der Waals surface area contributed by atoms with Crippen molar-refractivity contribution in [2.45, 2.75) is 25.3 Å². The summed E-state index contributed by atoms with van der Waals surface area (Å²) < 4.78 is 5.54. The van der Waals surface area contributed by atoms with Crippen LogP contribution in [-0.4, -0.2) is 24.1 Å². The van der Waals surface area contributed by atoms with E-state index in [4.69, 9.17) is 4.74 Å². The smallest absolute Gasteiger partial charge is 0.268 e. The molecule has 0 aliphatic carbocycles. The highest BCUT2D eigenvalue weighted by Crippen LogP contribution is 2.32. The molecular formula is C21H22N2O2. The number of hydrogen-bond acceptors (Lipinski definition) is 2. The van der Waals surface area contributed by atoms with Crippen molar-refractivity contribution in [3.8, 4) is 0 Å². The Balaban J connectivity index is 1.66. The Hall–Kier alpha value is -2.59.